The average Bonchev–Trinajstić information content (AvgIpc) is 2.73. The summed E-state index contributed by atoms with van der Waals surface area (Å²) in [5.41, 5.74) is 0.397. The quantitative estimate of drug-likeness (QED) is 0.374. The minimum atomic E-state index is -1.01. The van der Waals surface area contributed by atoms with Gasteiger partial charge in [0.1, 0.15) is 0 Å². The molecule has 0 aromatic heterocycles. The van der Waals surface area contributed by atoms with Crippen molar-refractivity contribution in [2.24, 2.45) is 0 Å². The number of fused-ring (bicyclic) bond motifs is 1. The van der Waals surface area contributed by atoms with Crippen molar-refractivity contribution >= 4 is 16.5 Å². The molecule has 0 aliphatic carbocycles. The number of methoxy groups -OCH3 is 2. The zero-order valence-corrected chi connectivity index (χ0v) is 16.0. The molecule has 0 radical (unpaired) electrons. The van der Waals surface area contributed by atoms with Gasteiger partial charge in [0, 0.05) is 26.4 Å². The molecular formula is C22H23NO5. The van der Waals surface area contributed by atoms with Gasteiger partial charge in [-0.2, -0.15) is 0 Å². The molecule has 1 N–H and O–H groups in total. The first-order chi connectivity index (χ1) is 13.4. The van der Waals surface area contributed by atoms with Crippen LogP contribution in [0.3, 0.4) is 0 Å². The molecule has 2 atom stereocenters. The minimum absolute atomic E-state index is 0.0293. The van der Waals surface area contributed by atoms with Gasteiger partial charge in [0.2, 0.25) is 0 Å². The summed E-state index contributed by atoms with van der Waals surface area (Å²) in [5, 5.41) is 24.3. The molecule has 3 aromatic rings. The third kappa shape index (κ3) is 3.49. The van der Waals surface area contributed by atoms with E-state index in [2.05, 4.69) is 0 Å². The monoisotopic (exact) mass is 381 g/mol. The van der Waals surface area contributed by atoms with Crippen LogP contribution < -0.4 is 0 Å². The number of rotatable bonds is 7. The van der Waals surface area contributed by atoms with Crippen LogP contribution in [-0.2, 0) is 14.9 Å². The summed E-state index contributed by atoms with van der Waals surface area (Å²) in [5.74, 6) is 0. The number of nitro groups is 1. The molecule has 3 rings (SSSR count). The van der Waals surface area contributed by atoms with E-state index < -0.39 is 22.7 Å². The maximum atomic E-state index is 11.3. The van der Waals surface area contributed by atoms with E-state index in [1.807, 2.05) is 49.4 Å². The predicted octanol–water partition coefficient (Wildman–Crippen LogP) is 4.36. The van der Waals surface area contributed by atoms with E-state index >= 15 is 0 Å². The van der Waals surface area contributed by atoms with E-state index in [1.165, 1.54) is 26.4 Å². The molecule has 0 saturated carbocycles. The highest BCUT2D eigenvalue weighted by molar-refractivity contribution is 5.83. The number of aliphatic hydroxyl groups is 1. The van der Waals surface area contributed by atoms with E-state index in [0.717, 1.165) is 16.3 Å². The smallest absolute Gasteiger partial charge is 0.269 e. The Hall–Kier alpha value is -2.80. The average molecular weight is 381 g/mol. The van der Waals surface area contributed by atoms with Crippen molar-refractivity contribution in [2.75, 3.05) is 14.2 Å². The van der Waals surface area contributed by atoms with E-state index in [1.54, 1.807) is 12.1 Å². The zero-order valence-electron chi connectivity index (χ0n) is 16.0. The molecule has 6 nitrogen and oxygen atoms in total. The molecule has 0 aliphatic heterocycles. The first-order valence-corrected chi connectivity index (χ1v) is 8.89. The molecule has 0 unspecified atom stereocenters. The fraction of sp³-hybridized carbons (Fsp3) is 0.273. The van der Waals surface area contributed by atoms with E-state index in [9.17, 15) is 15.2 Å². The maximum Gasteiger partial charge on any atom is 0.269 e. The fourth-order valence-corrected chi connectivity index (χ4v) is 3.66. The second kappa shape index (κ2) is 8.06. The topological polar surface area (TPSA) is 81.8 Å². The summed E-state index contributed by atoms with van der Waals surface area (Å²) >= 11 is 0. The Morgan fingerprint density at radius 2 is 1.57 bits per heavy atom. The van der Waals surface area contributed by atoms with Crippen LogP contribution in [-0.4, -0.2) is 30.5 Å². The van der Waals surface area contributed by atoms with Gasteiger partial charge in [0.25, 0.3) is 5.69 Å². The van der Waals surface area contributed by atoms with Crippen LogP contribution >= 0.6 is 0 Å². The van der Waals surface area contributed by atoms with Gasteiger partial charge in [-0.15, -0.1) is 0 Å². The lowest BCUT2D eigenvalue weighted by molar-refractivity contribution is -0.384. The van der Waals surface area contributed by atoms with Crippen molar-refractivity contribution < 1.29 is 19.5 Å². The van der Waals surface area contributed by atoms with Crippen LogP contribution in [0.15, 0.2) is 66.7 Å². The lowest BCUT2D eigenvalue weighted by Gasteiger charge is -2.40. The van der Waals surface area contributed by atoms with E-state index in [4.69, 9.17) is 9.47 Å². The molecule has 0 spiro atoms. The molecule has 0 amide bonds. The normalized spacial score (nSPS) is 14.8. The van der Waals surface area contributed by atoms with Crippen molar-refractivity contribution in [1.29, 1.82) is 0 Å². The Morgan fingerprint density at radius 3 is 2.14 bits per heavy atom. The minimum Gasteiger partial charge on any atom is -0.387 e. The summed E-state index contributed by atoms with van der Waals surface area (Å²) in [6.07, 6.45) is -1.75. The lowest BCUT2D eigenvalue weighted by Crippen LogP contribution is -2.44. The molecular weight excluding hydrogens is 358 g/mol. The SMILES string of the molecule is COC(OC)[C@](C)(c1ccc2ccccc2c1)[C@H](O)c1ccc([N+](=O)[O-])cc1. The van der Waals surface area contributed by atoms with Gasteiger partial charge in [0.05, 0.1) is 16.4 Å². The molecule has 3 aromatic carbocycles. The Kier molecular flexibility index (Phi) is 5.74. The predicted molar refractivity (Wildman–Crippen MR) is 107 cm³/mol. The van der Waals surface area contributed by atoms with Crippen LogP contribution in [0.4, 0.5) is 5.69 Å². The van der Waals surface area contributed by atoms with Crippen molar-refractivity contribution in [3.05, 3.63) is 88.0 Å². The van der Waals surface area contributed by atoms with Gasteiger partial charge >= 0.3 is 0 Å². The molecule has 0 fully saturated rings. The van der Waals surface area contributed by atoms with Crippen LogP contribution in [0.1, 0.15) is 24.2 Å². The maximum absolute atomic E-state index is 11.3. The Balaban J connectivity index is 2.11. The third-order valence-corrected chi connectivity index (χ3v) is 5.28. The number of aliphatic hydroxyl groups excluding tert-OH is 1. The van der Waals surface area contributed by atoms with Gasteiger partial charge < -0.3 is 14.6 Å². The zero-order chi connectivity index (χ0) is 20.3. The standard InChI is InChI=1S/C22H23NO5/c1-22(21(27-2)28-3,18-11-8-15-6-4-5-7-17(15)14-18)20(24)16-9-12-19(13-10-16)23(25)26/h4-14,20-21,24H,1-3H3/t20-,22-/m1/s1. The molecule has 28 heavy (non-hydrogen) atoms. The van der Waals surface area contributed by atoms with Crippen molar-refractivity contribution in [3.63, 3.8) is 0 Å². The summed E-state index contributed by atoms with van der Waals surface area (Å²) in [6.45, 7) is 1.86. The van der Waals surface area contributed by atoms with Crippen LogP contribution in [0.5, 0.6) is 0 Å². The molecule has 146 valence electrons. The second-order valence-electron chi connectivity index (χ2n) is 6.90. The Bertz CT molecular complexity index is 968. The first kappa shape index (κ1) is 19.9. The van der Waals surface area contributed by atoms with Gasteiger partial charge in [-0.05, 0) is 41.0 Å². The number of benzene rings is 3. The number of nitro benzene ring substituents is 1. The summed E-state index contributed by atoms with van der Waals surface area (Å²) in [6, 6.07) is 19.8. The van der Waals surface area contributed by atoms with Gasteiger partial charge in [-0.1, -0.05) is 42.5 Å². The van der Waals surface area contributed by atoms with Crippen LogP contribution in [0.25, 0.3) is 10.8 Å². The highest BCUT2D eigenvalue weighted by Crippen LogP contribution is 2.42. The van der Waals surface area contributed by atoms with E-state index in [0.29, 0.717) is 5.56 Å². The Labute approximate surface area is 163 Å². The largest absolute Gasteiger partial charge is 0.387 e. The number of ether oxygens (including phenoxy) is 2. The molecule has 0 aliphatic rings. The number of hydrogen-bond donors (Lipinski definition) is 1. The van der Waals surface area contributed by atoms with Crippen molar-refractivity contribution in [1.82, 2.24) is 0 Å². The van der Waals surface area contributed by atoms with Crippen LogP contribution in [0, 0.1) is 10.1 Å². The summed E-state index contributed by atoms with van der Waals surface area (Å²) < 4.78 is 11.1. The molecule has 0 saturated heterocycles. The number of nitrogens with zero attached hydrogens (tertiary/aromatic N) is 1. The highest BCUT2D eigenvalue weighted by Gasteiger charge is 2.44. The van der Waals surface area contributed by atoms with Gasteiger partial charge in [0.15, 0.2) is 6.29 Å². The fourth-order valence-electron chi connectivity index (χ4n) is 3.66. The van der Waals surface area contributed by atoms with Gasteiger partial charge in [-0.25, -0.2) is 0 Å². The number of non-ortho nitro benzene ring substituents is 1. The van der Waals surface area contributed by atoms with Crippen molar-refractivity contribution in [2.45, 2.75) is 24.7 Å². The molecule has 0 heterocycles. The first-order valence-electron chi connectivity index (χ1n) is 8.89. The lowest BCUT2D eigenvalue weighted by atomic mass is 9.73. The van der Waals surface area contributed by atoms with Crippen LogP contribution in [0.2, 0.25) is 0 Å². The van der Waals surface area contributed by atoms with Crippen molar-refractivity contribution in [3.8, 4) is 0 Å². The molecule has 0 bridgehead atoms. The molecule has 6 heteroatoms. The number of hydrogen-bond acceptors (Lipinski definition) is 5. The van der Waals surface area contributed by atoms with Gasteiger partial charge in [-0.3, -0.25) is 10.1 Å². The summed E-state index contributed by atoms with van der Waals surface area (Å²) in [4.78, 5) is 10.5. The summed E-state index contributed by atoms with van der Waals surface area (Å²) in [7, 11) is 3.05. The van der Waals surface area contributed by atoms with E-state index in [-0.39, 0.29) is 5.69 Å². The highest BCUT2D eigenvalue weighted by atomic mass is 16.7. The second-order valence-corrected chi connectivity index (χ2v) is 6.90. The third-order valence-electron chi connectivity index (χ3n) is 5.28. The Morgan fingerprint density at radius 1 is 0.964 bits per heavy atom.